The molecule has 7 heteroatoms. The van der Waals surface area contributed by atoms with Gasteiger partial charge in [0.1, 0.15) is 6.16 Å². The summed E-state index contributed by atoms with van der Waals surface area (Å²) in [5, 5.41) is 8.91. The number of nitrogens with zero attached hydrogens (tertiary/aromatic N) is 2. The summed E-state index contributed by atoms with van der Waals surface area (Å²) in [4.78, 5) is 30.7. The maximum Gasteiger partial charge on any atom is 0.230 e. The van der Waals surface area contributed by atoms with Gasteiger partial charge >= 0.3 is 0 Å². The highest BCUT2D eigenvalue weighted by Gasteiger charge is 2.18. The van der Waals surface area contributed by atoms with Crippen molar-refractivity contribution in [3.63, 3.8) is 0 Å². The van der Waals surface area contributed by atoms with Crippen molar-refractivity contribution in [1.29, 1.82) is 0 Å². The normalized spacial score (nSPS) is 11.9. The van der Waals surface area contributed by atoms with Gasteiger partial charge in [-0.05, 0) is 29.7 Å². The van der Waals surface area contributed by atoms with E-state index in [1.807, 2.05) is 48.3 Å². The lowest BCUT2D eigenvalue weighted by atomic mass is 10.1. The van der Waals surface area contributed by atoms with Crippen LogP contribution < -0.4 is 14.4 Å². The van der Waals surface area contributed by atoms with Gasteiger partial charge in [0.15, 0.2) is 18.9 Å². The Bertz CT molecular complexity index is 712. The second-order valence-electron chi connectivity index (χ2n) is 6.53. The monoisotopic (exact) mass is 391 g/mol. The van der Waals surface area contributed by atoms with E-state index >= 15 is 0 Å². The van der Waals surface area contributed by atoms with Crippen molar-refractivity contribution < 1.29 is 24.4 Å². The number of benzene rings is 1. The van der Waals surface area contributed by atoms with Crippen LogP contribution in [0.5, 0.6) is 0 Å². The molecule has 0 spiro atoms. The van der Waals surface area contributed by atoms with E-state index in [4.69, 9.17) is 14.9 Å². The highest BCUT2D eigenvalue weighted by molar-refractivity contribution is 7.57. The quantitative estimate of drug-likeness (QED) is 0.421. The maximum absolute atomic E-state index is 10.9. The molecule has 0 aliphatic heterocycles. The van der Waals surface area contributed by atoms with Gasteiger partial charge in [0.2, 0.25) is 7.94 Å². The lowest BCUT2D eigenvalue weighted by Crippen LogP contribution is -2.33. The second-order valence-corrected chi connectivity index (χ2v) is 8.31. The molecule has 0 unspecified atom stereocenters. The summed E-state index contributed by atoms with van der Waals surface area (Å²) in [5.41, 5.74) is 3.29. The van der Waals surface area contributed by atoms with Crippen molar-refractivity contribution >= 4 is 25.8 Å². The van der Waals surface area contributed by atoms with E-state index < -0.39 is 7.94 Å². The van der Waals surface area contributed by atoms with E-state index in [1.54, 1.807) is 0 Å². The van der Waals surface area contributed by atoms with E-state index in [-0.39, 0.29) is 12.8 Å². The van der Waals surface area contributed by atoms with Gasteiger partial charge in [-0.2, -0.15) is 0 Å². The summed E-state index contributed by atoms with van der Waals surface area (Å²) < 4.78 is 1.92. The number of pyridine rings is 1. The van der Waals surface area contributed by atoms with Crippen LogP contribution in [0.25, 0.3) is 12.2 Å². The minimum Gasteiger partial charge on any atom is -0.632 e. The van der Waals surface area contributed by atoms with Crippen LogP contribution in [0.4, 0.5) is 5.69 Å². The fourth-order valence-electron chi connectivity index (χ4n) is 2.66. The number of aliphatic hydroxyl groups excluding tert-OH is 1. The van der Waals surface area contributed by atoms with Gasteiger partial charge in [0.05, 0.1) is 0 Å². The molecule has 0 atom stereocenters. The Morgan fingerprint density at radius 3 is 2.15 bits per heavy atom. The minimum absolute atomic E-state index is 0.0904. The van der Waals surface area contributed by atoms with E-state index in [1.165, 1.54) is 0 Å². The first-order valence-corrected chi connectivity index (χ1v) is 10.8. The Morgan fingerprint density at radius 2 is 1.59 bits per heavy atom. The molecule has 1 heterocycles. The highest BCUT2D eigenvalue weighted by Crippen LogP contribution is 2.39. The molecule has 0 saturated heterocycles. The lowest BCUT2D eigenvalue weighted by molar-refractivity contribution is -0.696. The molecule has 6 nitrogen and oxygen atoms in total. The number of hydrogen-bond acceptors (Lipinski definition) is 5. The maximum atomic E-state index is 10.9. The molecule has 2 aromatic rings. The van der Waals surface area contributed by atoms with E-state index in [0.717, 1.165) is 29.8 Å². The van der Waals surface area contributed by atoms with Crippen molar-refractivity contribution in [1.82, 2.24) is 0 Å². The molecule has 0 fully saturated rings. The van der Waals surface area contributed by atoms with Crippen molar-refractivity contribution in [2.45, 2.75) is 19.4 Å². The van der Waals surface area contributed by atoms with Crippen molar-refractivity contribution in [2.24, 2.45) is 0 Å². The number of aryl methyl sites for hydroxylation is 1. The zero-order chi connectivity index (χ0) is 19.7. The summed E-state index contributed by atoms with van der Waals surface area (Å²) in [5.74, 6) is 0. The molecule has 1 aromatic carbocycles. The zero-order valence-electron chi connectivity index (χ0n) is 15.6. The summed E-state index contributed by atoms with van der Waals surface area (Å²) in [6.45, 7) is 1.61. The summed E-state index contributed by atoms with van der Waals surface area (Å²) >= 11 is 0. The third kappa shape index (κ3) is 8.16. The van der Waals surface area contributed by atoms with E-state index in [9.17, 15) is 4.89 Å². The molecule has 27 heavy (non-hydrogen) atoms. The van der Waals surface area contributed by atoms with E-state index in [2.05, 4.69) is 29.2 Å². The molecule has 0 amide bonds. The third-order valence-corrected chi connectivity index (χ3v) is 5.14. The number of hydrogen-bond donors (Lipinski definition) is 3. The molecule has 0 saturated carbocycles. The molecule has 0 aliphatic rings. The first-order valence-electron chi connectivity index (χ1n) is 9.01. The summed E-state index contributed by atoms with van der Waals surface area (Å²) in [6, 6.07) is 12.2. The van der Waals surface area contributed by atoms with Crippen LogP contribution in [-0.2, 0) is 6.54 Å². The Kier molecular flexibility index (Phi) is 8.35. The minimum atomic E-state index is -3.91. The molecular formula is C20H28N2O4P+. The number of anilines is 1. The third-order valence-electron chi connectivity index (χ3n) is 4.24. The van der Waals surface area contributed by atoms with Gasteiger partial charge in [0, 0.05) is 44.4 Å². The van der Waals surface area contributed by atoms with Gasteiger partial charge in [-0.3, -0.25) is 0 Å². The smallest absolute Gasteiger partial charge is 0.230 e. The van der Waals surface area contributed by atoms with Crippen LogP contribution in [0, 0.1) is 0 Å². The number of aromatic nitrogens is 1. The molecule has 0 radical (unpaired) electrons. The van der Waals surface area contributed by atoms with Crippen LogP contribution in [0.2, 0.25) is 0 Å². The van der Waals surface area contributed by atoms with Crippen LogP contribution in [-0.4, -0.2) is 41.3 Å². The van der Waals surface area contributed by atoms with Crippen LogP contribution >= 0.6 is 7.94 Å². The average Bonchev–Trinajstić information content (AvgIpc) is 2.65. The predicted molar refractivity (Wildman–Crippen MR) is 108 cm³/mol. The van der Waals surface area contributed by atoms with E-state index in [0.29, 0.717) is 13.0 Å². The van der Waals surface area contributed by atoms with Crippen LogP contribution in [0.1, 0.15) is 24.0 Å². The summed E-state index contributed by atoms with van der Waals surface area (Å²) in [6.07, 6.45) is 9.02. The van der Waals surface area contributed by atoms with Crippen molar-refractivity contribution in [2.75, 3.05) is 31.3 Å². The SMILES string of the molecule is CN(CCCO)c1ccc(C=Cc2cc[n+](CCC[P+]([O-])(O)O)cc2)cc1. The first kappa shape index (κ1) is 21.5. The molecule has 1 aromatic heterocycles. The molecule has 0 aliphatic carbocycles. The molecule has 0 bridgehead atoms. The van der Waals surface area contributed by atoms with Gasteiger partial charge in [-0.15, -0.1) is 0 Å². The highest BCUT2D eigenvalue weighted by atomic mass is 31.2. The average molecular weight is 391 g/mol. The van der Waals surface area contributed by atoms with Crippen LogP contribution in [0.3, 0.4) is 0 Å². The molecule has 3 N–H and O–H groups in total. The Morgan fingerprint density at radius 1 is 1.00 bits per heavy atom. The fourth-order valence-corrected chi connectivity index (χ4v) is 3.21. The molecule has 2 rings (SSSR count). The second kappa shape index (κ2) is 10.5. The standard InChI is InChI=1S/C20H27N2O4P/c1-21(12-2-16-23)20-8-6-18(7-9-20)4-5-19-10-14-22(15-11-19)13-3-17-27(24,25)26/h4-11,14-15,23H,2-3,12-13,16-17H2,1H3,(H-,24,25,26)/p+1. The number of rotatable bonds is 10. The van der Waals surface area contributed by atoms with Crippen molar-refractivity contribution in [3.05, 3.63) is 59.9 Å². The first-order chi connectivity index (χ1) is 12.9. The topological polar surface area (TPSA) is 90.9 Å². The van der Waals surface area contributed by atoms with Gasteiger partial charge in [-0.1, -0.05) is 24.3 Å². The Labute approximate surface area is 161 Å². The fraction of sp³-hybridized carbons (Fsp3) is 0.350. The van der Waals surface area contributed by atoms with Crippen LogP contribution in [0.15, 0.2) is 48.8 Å². The Balaban J connectivity index is 1.88. The lowest BCUT2D eigenvalue weighted by Gasteiger charge is -2.18. The van der Waals surface area contributed by atoms with Gasteiger partial charge in [-0.25, -0.2) is 14.4 Å². The number of aliphatic hydroxyl groups is 1. The summed E-state index contributed by atoms with van der Waals surface area (Å²) in [7, 11) is -1.90. The predicted octanol–water partition coefficient (Wildman–Crippen LogP) is 1.46. The Hall–Kier alpha value is -1.82. The molecule has 146 valence electrons. The van der Waals surface area contributed by atoms with Gasteiger partial charge < -0.3 is 14.9 Å². The van der Waals surface area contributed by atoms with Crippen molar-refractivity contribution in [3.8, 4) is 0 Å². The molecular weight excluding hydrogens is 363 g/mol. The zero-order valence-corrected chi connectivity index (χ0v) is 16.5. The largest absolute Gasteiger partial charge is 0.632 e. The van der Waals surface area contributed by atoms with Gasteiger partial charge in [0.25, 0.3) is 0 Å².